The Hall–Kier alpha value is -4.33. The highest BCUT2D eigenvalue weighted by Gasteiger charge is 2.36. The molecule has 1 saturated carbocycles. The third kappa shape index (κ3) is 23.0. The average Bonchev–Trinajstić information content (AvgIpc) is 3.84. The minimum absolute atomic E-state index is 0.00347. The standard InChI is InChI=1S/C28H42O4.C12H22O2.C10H14O.C10H14/c1-7-21(3)25-11-15-27(16-12-25)31-23(5)29-19-9-10-20-30-24(6)32-28-17-13-26(14-18-28)22(4)8-2;1-4-10(3)11(13)14-12(5-2)8-6-7-9-12;1-3-8(2)9-4-6-10(11)7-5-9;1-3-9(2)10-7-5-4-6-8-10/h11-18,21-24H,7-10,19-20H2,1-6H3;10H,4-9H2,1-3H3;4-8,11H,3H2,1-2H3;4-9H,3H2,1-2H3. The molecule has 0 aliphatic heterocycles. The van der Waals surface area contributed by atoms with Crippen LogP contribution in [0.1, 0.15) is 213 Å². The fraction of sp³-hybridized carbons (Fsp3) is 0.583. The van der Waals surface area contributed by atoms with Gasteiger partial charge in [-0.05, 0) is 173 Å². The van der Waals surface area contributed by atoms with Gasteiger partial charge in [0.1, 0.15) is 22.8 Å². The van der Waals surface area contributed by atoms with Gasteiger partial charge in [0.05, 0.1) is 19.1 Å². The van der Waals surface area contributed by atoms with Crippen molar-refractivity contribution in [1.29, 1.82) is 0 Å². The van der Waals surface area contributed by atoms with Crippen molar-refractivity contribution in [3.63, 3.8) is 0 Å². The van der Waals surface area contributed by atoms with E-state index in [9.17, 15) is 4.79 Å². The lowest BCUT2D eigenvalue weighted by Crippen LogP contribution is -2.33. The highest BCUT2D eigenvalue weighted by Crippen LogP contribution is 2.36. The first-order chi connectivity index (χ1) is 32.1. The molecule has 5 rings (SSSR count). The quantitative estimate of drug-likeness (QED) is 0.0451. The first-order valence-corrected chi connectivity index (χ1v) is 26.0. The summed E-state index contributed by atoms with van der Waals surface area (Å²) in [6.45, 7) is 29.0. The van der Waals surface area contributed by atoms with Crippen LogP contribution in [-0.2, 0) is 19.0 Å². The number of phenols is 1. The van der Waals surface area contributed by atoms with E-state index in [-0.39, 0.29) is 30.1 Å². The number of benzene rings is 4. The molecule has 1 aliphatic rings. The summed E-state index contributed by atoms with van der Waals surface area (Å²) >= 11 is 0. The molecule has 1 N–H and O–H groups in total. The van der Waals surface area contributed by atoms with Crippen molar-refractivity contribution >= 4 is 5.97 Å². The first kappa shape index (κ1) is 58.8. The summed E-state index contributed by atoms with van der Waals surface area (Å²) < 4.78 is 28.9. The van der Waals surface area contributed by atoms with E-state index >= 15 is 0 Å². The van der Waals surface area contributed by atoms with Gasteiger partial charge in [-0.3, -0.25) is 4.79 Å². The molecule has 4 aromatic carbocycles. The molecule has 7 atom stereocenters. The van der Waals surface area contributed by atoms with Crippen LogP contribution < -0.4 is 9.47 Å². The predicted molar refractivity (Wildman–Crippen MR) is 281 cm³/mol. The van der Waals surface area contributed by atoms with Gasteiger partial charge in [0.2, 0.25) is 0 Å². The van der Waals surface area contributed by atoms with Crippen molar-refractivity contribution in [2.45, 2.75) is 209 Å². The van der Waals surface area contributed by atoms with E-state index < -0.39 is 0 Å². The fourth-order valence-electron chi connectivity index (χ4n) is 7.46. The Balaban J connectivity index is 0.000000358. The number of carbonyl (C=O) groups is 1. The zero-order chi connectivity index (χ0) is 49.6. The summed E-state index contributed by atoms with van der Waals surface area (Å²) in [4.78, 5) is 11.7. The van der Waals surface area contributed by atoms with Gasteiger partial charge >= 0.3 is 5.97 Å². The molecule has 0 aromatic heterocycles. The third-order valence-electron chi connectivity index (χ3n) is 13.5. The molecular formula is C60H92O7. The van der Waals surface area contributed by atoms with Crippen molar-refractivity contribution in [1.82, 2.24) is 0 Å². The fourth-order valence-corrected chi connectivity index (χ4v) is 7.46. The maximum atomic E-state index is 11.7. The van der Waals surface area contributed by atoms with Gasteiger partial charge in [0, 0.05) is 0 Å². The molecule has 4 aromatic rings. The van der Waals surface area contributed by atoms with Gasteiger partial charge in [0.15, 0.2) is 12.6 Å². The van der Waals surface area contributed by atoms with Crippen molar-refractivity contribution in [2.24, 2.45) is 5.92 Å². The van der Waals surface area contributed by atoms with E-state index in [1.54, 1.807) is 12.1 Å². The van der Waals surface area contributed by atoms with Gasteiger partial charge in [-0.25, -0.2) is 0 Å². The van der Waals surface area contributed by atoms with Crippen molar-refractivity contribution in [2.75, 3.05) is 13.2 Å². The molecule has 0 bridgehead atoms. The SMILES string of the molecule is CCC(C)C(=O)OC1(CC)CCCC1.CCC(C)c1ccc(O)cc1.CCC(C)c1ccc(OC(C)OCCCCOC(C)Oc2ccc(C(C)CC)cc2)cc1.CCC(C)c1ccccc1. The summed E-state index contributed by atoms with van der Waals surface area (Å²) in [5.41, 5.74) is 5.32. The highest BCUT2D eigenvalue weighted by molar-refractivity contribution is 5.72. The van der Waals surface area contributed by atoms with E-state index in [2.05, 4.69) is 117 Å². The molecule has 7 nitrogen and oxygen atoms in total. The van der Waals surface area contributed by atoms with E-state index in [1.165, 1.54) is 41.5 Å². The van der Waals surface area contributed by atoms with Crippen LogP contribution in [0.3, 0.4) is 0 Å². The topological polar surface area (TPSA) is 83.5 Å². The summed E-state index contributed by atoms with van der Waals surface area (Å²) in [5.74, 6) is 4.53. The normalized spacial score (nSPS) is 15.8. The molecule has 0 saturated heterocycles. The minimum atomic E-state index is -0.272. The number of phenolic OH excluding ortho intramolecular Hbond substituents is 1. The highest BCUT2D eigenvalue weighted by atomic mass is 16.7. The number of rotatable bonds is 23. The van der Waals surface area contributed by atoms with Crippen LogP contribution in [-0.4, -0.2) is 42.5 Å². The Morgan fingerprint density at radius 2 is 0.866 bits per heavy atom. The van der Waals surface area contributed by atoms with Crippen LogP contribution in [0.5, 0.6) is 17.2 Å². The Kier molecular flexibility index (Phi) is 29.1. The van der Waals surface area contributed by atoms with Crippen molar-refractivity contribution < 1.29 is 33.6 Å². The van der Waals surface area contributed by atoms with Crippen LogP contribution in [0.4, 0.5) is 0 Å². The van der Waals surface area contributed by atoms with Crippen molar-refractivity contribution in [3.8, 4) is 17.2 Å². The molecule has 67 heavy (non-hydrogen) atoms. The molecule has 7 heteroatoms. The Bertz CT molecular complexity index is 1750. The van der Waals surface area contributed by atoms with Crippen molar-refractivity contribution in [3.05, 3.63) is 125 Å². The second-order valence-electron chi connectivity index (χ2n) is 18.7. The summed E-state index contributed by atoms with van der Waals surface area (Å²) in [6.07, 6.45) is 12.3. The molecule has 0 heterocycles. The molecular weight excluding hydrogens is 833 g/mol. The molecule has 7 unspecified atom stereocenters. The molecule has 0 radical (unpaired) electrons. The lowest BCUT2D eigenvalue weighted by molar-refractivity contribution is -0.164. The number of carbonyl (C=O) groups excluding carboxylic acids is 1. The Morgan fingerprint density at radius 3 is 1.21 bits per heavy atom. The zero-order valence-corrected chi connectivity index (χ0v) is 44.2. The number of aromatic hydroxyl groups is 1. The van der Waals surface area contributed by atoms with Gasteiger partial charge < -0.3 is 28.8 Å². The second-order valence-corrected chi connectivity index (χ2v) is 18.7. The molecule has 374 valence electrons. The maximum Gasteiger partial charge on any atom is 0.309 e. The summed E-state index contributed by atoms with van der Waals surface area (Å²) in [7, 11) is 0. The summed E-state index contributed by atoms with van der Waals surface area (Å²) in [6, 6.07) is 34.7. The molecule has 1 fully saturated rings. The van der Waals surface area contributed by atoms with Crippen LogP contribution >= 0.6 is 0 Å². The summed E-state index contributed by atoms with van der Waals surface area (Å²) in [5, 5.41) is 9.01. The lowest BCUT2D eigenvalue weighted by Gasteiger charge is -2.29. The van der Waals surface area contributed by atoms with E-state index in [4.69, 9.17) is 28.8 Å². The first-order valence-electron chi connectivity index (χ1n) is 26.0. The van der Waals surface area contributed by atoms with Crippen LogP contribution in [0, 0.1) is 5.92 Å². The molecule has 0 spiro atoms. The molecule has 0 amide bonds. The van der Waals surface area contributed by atoms with E-state index in [1.807, 2.05) is 64.1 Å². The van der Waals surface area contributed by atoms with Gasteiger partial charge in [-0.2, -0.15) is 0 Å². The van der Waals surface area contributed by atoms with Gasteiger partial charge in [-0.1, -0.05) is 143 Å². The zero-order valence-electron chi connectivity index (χ0n) is 44.2. The largest absolute Gasteiger partial charge is 0.508 e. The number of hydrogen-bond donors (Lipinski definition) is 1. The predicted octanol–water partition coefficient (Wildman–Crippen LogP) is 17.1. The van der Waals surface area contributed by atoms with Crippen LogP contribution in [0.15, 0.2) is 103 Å². The Morgan fingerprint density at radius 1 is 0.507 bits per heavy atom. The smallest absolute Gasteiger partial charge is 0.309 e. The van der Waals surface area contributed by atoms with Gasteiger partial charge in [0.25, 0.3) is 0 Å². The average molecular weight is 925 g/mol. The second kappa shape index (κ2) is 33.2. The van der Waals surface area contributed by atoms with Crippen LogP contribution in [0.2, 0.25) is 0 Å². The lowest BCUT2D eigenvalue weighted by atomic mass is 9.98. The maximum absolute atomic E-state index is 11.7. The van der Waals surface area contributed by atoms with Gasteiger partial charge in [-0.15, -0.1) is 0 Å². The number of ether oxygens (including phenoxy) is 5. The van der Waals surface area contributed by atoms with E-state index in [0.717, 1.165) is 69.3 Å². The third-order valence-corrected chi connectivity index (χ3v) is 13.5. The molecule has 1 aliphatic carbocycles. The minimum Gasteiger partial charge on any atom is -0.508 e. The van der Waals surface area contributed by atoms with Crippen LogP contribution in [0.25, 0.3) is 0 Å². The number of unbranched alkanes of at least 4 members (excludes halogenated alkanes) is 1. The number of hydrogen-bond acceptors (Lipinski definition) is 7. The monoisotopic (exact) mass is 925 g/mol. The Labute approximate surface area is 408 Å². The number of esters is 1. The van der Waals surface area contributed by atoms with E-state index in [0.29, 0.717) is 42.6 Å².